The highest BCUT2D eigenvalue weighted by molar-refractivity contribution is 7.87. The third-order valence-electron chi connectivity index (χ3n) is 4.93. The van der Waals surface area contributed by atoms with E-state index < -0.39 is 33.7 Å². The van der Waals surface area contributed by atoms with Crippen LogP contribution in [-0.4, -0.2) is 25.4 Å². The monoisotopic (exact) mass is 510 g/mol. The van der Waals surface area contributed by atoms with Gasteiger partial charge in [-0.25, -0.2) is 9.18 Å². The van der Waals surface area contributed by atoms with Crippen LogP contribution in [0.5, 0.6) is 5.75 Å². The molecule has 0 saturated carbocycles. The fourth-order valence-corrected chi connectivity index (χ4v) is 3.98. The van der Waals surface area contributed by atoms with Crippen molar-refractivity contribution in [3.05, 3.63) is 89.7 Å². The van der Waals surface area contributed by atoms with Gasteiger partial charge in [-0.2, -0.15) is 21.6 Å². The second kappa shape index (κ2) is 10.3. The Morgan fingerprint density at radius 3 is 2.03 bits per heavy atom. The maximum atomic E-state index is 13.0. The zero-order chi connectivity index (χ0) is 25.8. The molecule has 2 amide bonds. The Kier molecular flexibility index (Phi) is 7.69. The second-order valence-corrected chi connectivity index (χ2v) is 9.41. The lowest BCUT2D eigenvalue weighted by molar-refractivity contribution is -0.137. The van der Waals surface area contributed by atoms with Crippen LogP contribution in [0.15, 0.2) is 77.7 Å². The van der Waals surface area contributed by atoms with Crippen LogP contribution in [0.1, 0.15) is 25.0 Å². The standard InChI is InChI=1S/C24H22F4N2O4S/c1-16(2)30(23(31)29-20-9-5-18(6-10-20)24(26,27)28)15-17-3-11-21(12-4-17)34-35(32,33)22-13-7-19(25)8-14-22/h3-14,16H,15H2,1-2H3,(H,29,31). The van der Waals surface area contributed by atoms with E-state index in [1.165, 1.54) is 29.2 Å². The fourth-order valence-electron chi connectivity index (χ4n) is 3.05. The lowest BCUT2D eigenvalue weighted by Crippen LogP contribution is -2.39. The van der Waals surface area contributed by atoms with Crippen LogP contribution < -0.4 is 9.50 Å². The predicted octanol–water partition coefficient (Wildman–Crippen LogP) is 6.05. The van der Waals surface area contributed by atoms with Crippen LogP contribution >= 0.6 is 0 Å². The molecule has 3 aromatic carbocycles. The first-order chi connectivity index (χ1) is 16.3. The molecule has 11 heteroatoms. The molecule has 0 saturated heterocycles. The van der Waals surface area contributed by atoms with Crippen molar-refractivity contribution in [1.29, 1.82) is 0 Å². The number of carbonyl (C=O) groups is 1. The predicted molar refractivity (Wildman–Crippen MR) is 122 cm³/mol. The van der Waals surface area contributed by atoms with E-state index in [4.69, 9.17) is 4.18 Å². The lowest BCUT2D eigenvalue weighted by Gasteiger charge is -2.27. The van der Waals surface area contributed by atoms with E-state index in [0.717, 1.165) is 36.4 Å². The van der Waals surface area contributed by atoms with E-state index in [2.05, 4.69) is 5.32 Å². The van der Waals surface area contributed by atoms with E-state index >= 15 is 0 Å². The van der Waals surface area contributed by atoms with Crippen molar-refractivity contribution in [3.63, 3.8) is 0 Å². The third kappa shape index (κ3) is 6.95. The van der Waals surface area contributed by atoms with E-state index in [1.54, 1.807) is 26.0 Å². The average molecular weight is 511 g/mol. The fraction of sp³-hybridized carbons (Fsp3) is 0.208. The zero-order valence-electron chi connectivity index (χ0n) is 18.7. The van der Waals surface area contributed by atoms with Gasteiger partial charge in [-0.05, 0) is 80.1 Å². The smallest absolute Gasteiger partial charge is 0.379 e. The highest BCUT2D eigenvalue weighted by Crippen LogP contribution is 2.30. The summed E-state index contributed by atoms with van der Waals surface area (Å²) in [4.78, 5) is 14.0. The molecule has 0 aliphatic rings. The Bertz CT molecular complexity index is 1260. The SMILES string of the molecule is CC(C)N(Cc1ccc(OS(=O)(=O)c2ccc(F)cc2)cc1)C(=O)Nc1ccc(C(F)(F)F)cc1. The van der Waals surface area contributed by atoms with Gasteiger partial charge >= 0.3 is 22.3 Å². The number of benzene rings is 3. The van der Waals surface area contributed by atoms with Gasteiger partial charge in [-0.3, -0.25) is 0 Å². The van der Waals surface area contributed by atoms with Crippen molar-refractivity contribution >= 4 is 21.8 Å². The summed E-state index contributed by atoms with van der Waals surface area (Å²) in [5.74, 6) is -0.547. The van der Waals surface area contributed by atoms with Gasteiger partial charge in [-0.15, -0.1) is 0 Å². The van der Waals surface area contributed by atoms with Crippen LogP contribution in [0.25, 0.3) is 0 Å². The molecule has 0 fully saturated rings. The molecule has 0 atom stereocenters. The van der Waals surface area contributed by atoms with Crippen molar-refractivity contribution in [2.45, 2.75) is 37.5 Å². The van der Waals surface area contributed by atoms with Crippen LogP contribution in [0.2, 0.25) is 0 Å². The summed E-state index contributed by atoms with van der Waals surface area (Å²) in [5, 5.41) is 2.58. The van der Waals surface area contributed by atoms with E-state index in [0.29, 0.717) is 5.56 Å². The first kappa shape index (κ1) is 26.0. The number of carbonyl (C=O) groups excluding carboxylic acids is 1. The summed E-state index contributed by atoms with van der Waals surface area (Å²) < 4.78 is 81.0. The molecular formula is C24H22F4N2O4S. The molecule has 0 aliphatic heterocycles. The molecular weight excluding hydrogens is 488 g/mol. The summed E-state index contributed by atoms with van der Waals surface area (Å²) in [7, 11) is -4.15. The summed E-state index contributed by atoms with van der Waals surface area (Å²) in [5.41, 5.74) is 0.0520. The maximum Gasteiger partial charge on any atom is 0.416 e. The van der Waals surface area contributed by atoms with Crippen LogP contribution in [0.4, 0.5) is 28.0 Å². The number of halogens is 4. The first-order valence-electron chi connectivity index (χ1n) is 10.4. The molecule has 0 spiro atoms. The second-order valence-electron chi connectivity index (χ2n) is 7.86. The number of alkyl halides is 3. The number of amides is 2. The lowest BCUT2D eigenvalue weighted by atomic mass is 10.2. The topological polar surface area (TPSA) is 75.7 Å². The molecule has 0 radical (unpaired) electrons. The molecule has 3 aromatic rings. The highest BCUT2D eigenvalue weighted by Gasteiger charge is 2.30. The van der Waals surface area contributed by atoms with Gasteiger partial charge in [0.05, 0.1) is 5.56 Å². The van der Waals surface area contributed by atoms with Gasteiger partial charge in [0.25, 0.3) is 0 Å². The summed E-state index contributed by atoms with van der Waals surface area (Å²) in [6.45, 7) is 3.70. The average Bonchev–Trinajstić information content (AvgIpc) is 2.78. The zero-order valence-corrected chi connectivity index (χ0v) is 19.5. The molecule has 186 valence electrons. The molecule has 35 heavy (non-hydrogen) atoms. The Morgan fingerprint density at radius 2 is 1.51 bits per heavy atom. The van der Waals surface area contributed by atoms with Crippen molar-refractivity contribution in [2.75, 3.05) is 5.32 Å². The molecule has 1 N–H and O–H groups in total. The van der Waals surface area contributed by atoms with Gasteiger partial charge in [0, 0.05) is 18.3 Å². The molecule has 3 rings (SSSR count). The van der Waals surface area contributed by atoms with Crippen molar-refractivity contribution in [1.82, 2.24) is 4.90 Å². The van der Waals surface area contributed by atoms with Gasteiger partial charge < -0.3 is 14.4 Å². The Labute approximate surface area is 200 Å². The number of hydrogen-bond donors (Lipinski definition) is 1. The van der Waals surface area contributed by atoms with E-state index in [-0.39, 0.29) is 28.9 Å². The van der Waals surface area contributed by atoms with Crippen molar-refractivity contribution < 1.29 is 35.0 Å². The minimum Gasteiger partial charge on any atom is -0.379 e. The van der Waals surface area contributed by atoms with Crippen LogP contribution in [0, 0.1) is 5.82 Å². The molecule has 0 unspecified atom stereocenters. The summed E-state index contributed by atoms with van der Waals surface area (Å²) in [6.07, 6.45) is -4.47. The minimum absolute atomic E-state index is 0.0309. The van der Waals surface area contributed by atoms with Gasteiger partial charge in [0.1, 0.15) is 16.5 Å². The van der Waals surface area contributed by atoms with Gasteiger partial charge in [-0.1, -0.05) is 12.1 Å². The number of rotatable bonds is 7. The van der Waals surface area contributed by atoms with Crippen LogP contribution in [-0.2, 0) is 22.8 Å². The number of nitrogens with zero attached hydrogens (tertiary/aromatic N) is 1. The molecule has 0 aliphatic carbocycles. The number of anilines is 1. The number of urea groups is 1. The van der Waals surface area contributed by atoms with E-state index in [9.17, 15) is 30.8 Å². The normalized spacial score (nSPS) is 11.9. The number of hydrogen-bond acceptors (Lipinski definition) is 4. The molecule has 0 heterocycles. The largest absolute Gasteiger partial charge is 0.416 e. The Hall–Kier alpha value is -3.60. The minimum atomic E-state index is -4.47. The molecule has 0 bridgehead atoms. The van der Waals surface area contributed by atoms with Crippen LogP contribution in [0.3, 0.4) is 0 Å². The Balaban J connectivity index is 1.66. The maximum absolute atomic E-state index is 13.0. The third-order valence-corrected chi connectivity index (χ3v) is 6.19. The summed E-state index contributed by atoms with van der Waals surface area (Å²) in [6, 6.07) is 13.5. The van der Waals surface area contributed by atoms with Gasteiger partial charge in [0.15, 0.2) is 0 Å². The highest BCUT2D eigenvalue weighted by atomic mass is 32.2. The van der Waals surface area contributed by atoms with Crippen molar-refractivity contribution in [3.8, 4) is 5.75 Å². The Morgan fingerprint density at radius 1 is 0.943 bits per heavy atom. The van der Waals surface area contributed by atoms with Gasteiger partial charge in [0.2, 0.25) is 0 Å². The van der Waals surface area contributed by atoms with Crippen molar-refractivity contribution in [2.24, 2.45) is 0 Å². The van der Waals surface area contributed by atoms with E-state index in [1.807, 2.05) is 0 Å². The quantitative estimate of drug-likeness (QED) is 0.310. The first-order valence-corrected chi connectivity index (χ1v) is 11.8. The summed E-state index contributed by atoms with van der Waals surface area (Å²) >= 11 is 0. The molecule has 6 nitrogen and oxygen atoms in total. The molecule has 0 aromatic heterocycles. The number of nitrogens with one attached hydrogen (secondary N) is 1.